The zero-order valence-corrected chi connectivity index (χ0v) is 20.0. The van der Waals surface area contributed by atoms with Crippen molar-refractivity contribution in [2.75, 3.05) is 25.1 Å². The molecule has 3 aromatic rings. The number of carbonyl (C=O) groups is 1. The van der Waals surface area contributed by atoms with E-state index in [1.807, 2.05) is 30.5 Å². The lowest BCUT2D eigenvalue weighted by Gasteiger charge is -2.34. The molecule has 7 nitrogen and oxygen atoms in total. The number of thioether (sulfide) groups is 1. The number of rotatable bonds is 8. The van der Waals surface area contributed by atoms with Crippen LogP contribution in [0.25, 0.3) is 11.0 Å². The molecule has 0 spiro atoms. The van der Waals surface area contributed by atoms with Crippen LogP contribution in [-0.2, 0) is 14.8 Å². The summed E-state index contributed by atoms with van der Waals surface area (Å²) in [5.41, 5.74) is 1.83. The van der Waals surface area contributed by atoms with E-state index in [-0.39, 0.29) is 11.8 Å². The second kappa shape index (κ2) is 10.2. The van der Waals surface area contributed by atoms with Crippen molar-refractivity contribution in [1.29, 1.82) is 0 Å². The Bertz CT molecular complexity index is 1200. The number of hydrogen-bond acceptors (Lipinski definition) is 5. The lowest BCUT2D eigenvalue weighted by atomic mass is 9.96. The van der Waals surface area contributed by atoms with Gasteiger partial charge in [-0.1, -0.05) is 24.3 Å². The molecular weight excluding hydrogens is 463 g/mol. The van der Waals surface area contributed by atoms with E-state index in [9.17, 15) is 17.6 Å². The molecule has 1 saturated heterocycles. The summed E-state index contributed by atoms with van der Waals surface area (Å²) in [7, 11) is -4.19. The molecule has 0 aliphatic carbocycles. The molecule has 2 unspecified atom stereocenters. The number of likely N-dealkylation sites (tertiary alicyclic amines) is 1. The Kier molecular flexibility index (Phi) is 7.35. The number of halogens is 1. The Balaban J connectivity index is 1.52. The van der Waals surface area contributed by atoms with Crippen LogP contribution in [0.5, 0.6) is 0 Å². The van der Waals surface area contributed by atoms with Gasteiger partial charge >= 0.3 is 0 Å². The molecule has 1 aliphatic heterocycles. The summed E-state index contributed by atoms with van der Waals surface area (Å²) in [5, 5.41) is 0. The van der Waals surface area contributed by atoms with Crippen molar-refractivity contribution in [2.24, 2.45) is 0 Å². The van der Waals surface area contributed by atoms with Crippen LogP contribution in [0.4, 0.5) is 4.39 Å². The Hall–Kier alpha value is -2.43. The normalized spacial score (nSPS) is 17.9. The minimum atomic E-state index is -4.19. The number of H-pyrrole nitrogens is 1. The van der Waals surface area contributed by atoms with Gasteiger partial charge in [0.2, 0.25) is 15.9 Å². The third-order valence-corrected chi connectivity index (χ3v) is 8.01. The van der Waals surface area contributed by atoms with Crippen LogP contribution in [-0.4, -0.2) is 60.3 Å². The Morgan fingerprint density at radius 1 is 1.27 bits per heavy atom. The van der Waals surface area contributed by atoms with Crippen molar-refractivity contribution in [1.82, 2.24) is 19.6 Å². The topological polar surface area (TPSA) is 95.2 Å². The molecule has 33 heavy (non-hydrogen) atoms. The highest BCUT2D eigenvalue weighted by atomic mass is 32.2. The third-order valence-electron chi connectivity index (χ3n) is 5.86. The maximum Gasteiger partial charge on any atom is 0.244 e. The Morgan fingerprint density at radius 2 is 2.03 bits per heavy atom. The van der Waals surface area contributed by atoms with Crippen LogP contribution in [0.1, 0.15) is 31.0 Å². The highest BCUT2D eigenvalue weighted by molar-refractivity contribution is 7.98. The second-order valence-electron chi connectivity index (χ2n) is 8.15. The summed E-state index contributed by atoms with van der Waals surface area (Å²) in [5.74, 6) is 0.339. The fraction of sp³-hybridized carbons (Fsp3) is 0.391. The SMILES string of the molecule is CSCCC(NS(=O)(=O)c1ccccc1F)C(=O)N1CCCC(c2nc3ccccc3[nH]2)C1. The van der Waals surface area contributed by atoms with Gasteiger partial charge in [-0.05, 0) is 55.5 Å². The van der Waals surface area contributed by atoms with Crippen LogP contribution >= 0.6 is 11.8 Å². The van der Waals surface area contributed by atoms with Crippen LogP contribution in [0.3, 0.4) is 0 Å². The highest BCUT2D eigenvalue weighted by Gasteiger charge is 2.33. The van der Waals surface area contributed by atoms with Gasteiger partial charge in [-0.25, -0.2) is 17.8 Å². The monoisotopic (exact) mass is 490 g/mol. The first-order valence-corrected chi connectivity index (χ1v) is 13.8. The number of sulfonamides is 1. The summed E-state index contributed by atoms with van der Waals surface area (Å²) < 4.78 is 42.3. The number of aromatic amines is 1. The number of nitrogens with one attached hydrogen (secondary N) is 2. The first-order chi connectivity index (χ1) is 15.9. The average Bonchev–Trinajstić information content (AvgIpc) is 3.26. The summed E-state index contributed by atoms with van der Waals surface area (Å²) in [4.78, 5) is 22.7. The molecule has 0 bridgehead atoms. The fourth-order valence-electron chi connectivity index (χ4n) is 4.17. The van der Waals surface area contributed by atoms with E-state index in [1.54, 1.807) is 4.90 Å². The van der Waals surface area contributed by atoms with Gasteiger partial charge in [-0.15, -0.1) is 0 Å². The molecule has 0 saturated carbocycles. The number of piperidine rings is 1. The number of imidazole rings is 1. The first-order valence-electron chi connectivity index (χ1n) is 10.9. The number of benzene rings is 2. The number of fused-ring (bicyclic) bond motifs is 1. The third kappa shape index (κ3) is 5.39. The fourth-order valence-corrected chi connectivity index (χ4v) is 5.94. The van der Waals surface area contributed by atoms with E-state index in [0.29, 0.717) is 25.3 Å². The average molecular weight is 491 g/mol. The molecule has 1 amide bonds. The van der Waals surface area contributed by atoms with Gasteiger partial charge in [0.25, 0.3) is 0 Å². The van der Waals surface area contributed by atoms with E-state index in [4.69, 9.17) is 0 Å². The van der Waals surface area contributed by atoms with E-state index in [0.717, 1.165) is 35.8 Å². The van der Waals surface area contributed by atoms with E-state index in [1.165, 1.54) is 30.0 Å². The maximum atomic E-state index is 14.1. The van der Waals surface area contributed by atoms with E-state index < -0.39 is 26.8 Å². The van der Waals surface area contributed by atoms with Crippen LogP contribution in [0, 0.1) is 5.82 Å². The van der Waals surface area contributed by atoms with Gasteiger partial charge in [-0.3, -0.25) is 4.79 Å². The van der Waals surface area contributed by atoms with Gasteiger partial charge in [0.1, 0.15) is 22.6 Å². The van der Waals surface area contributed by atoms with Gasteiger partial charge in [0.15, 0.2) is 0 Å². The van der Waals surface area contributed by atoms with Gasteiger partial charge in [0, 0.05) is 19.0 Å². The molecule has 1 fully saturated rings. The van der Waals surface area contributed by atoms with Gasteiger partial charge in [-0.2, -0.15) is 16.5 Å². The van der Waals surface area contributed by atoms with Crippen LogP contribution < -0.4 is 4.72 Å². The van der Waals surface area contributed by atoms with Crippen molar-refractivity contribution in [2.45, 2.75) is 36.1 Å². The molecule has 4 rings (SSSR count). The molecule has 2 atom stereocenters. The zero-order chi connectivity index (χ0) is 23.4. The number of carbonyl (C=O) groups excluding carboxylic acids is 1. The summed E-state index contributed by atoms with van der Waals surface area (Å²) in [6, 6.07) is 12.0. The smallest absolute Gasteiger partial charge is 0.244 e. The molecule has 0 radical (unpaired) electrons. The van der Waals surface area contributed by atoms with Crippen molar-refractivity contribution in [3.8, 4) is 0 Å². The van der Waals surface area contributed by atoms with Crippen molar-refractivity contribution < 1.29 is 17.6 Å². The molecule has 10 heteroatoms. The molecule has 1 aromatic heterocycles. The largest absolute Gasteiger partial charge is 0.342 e. The second-order valence-corrected chi connectivity index (χ2v) is 10.8. The molecule has 2 heterocycles. The van der Waals surface area contributed by atoms with Gasteiger partial charge < -0.3 is 9.88 Å². The van der Waals surface area contributed by atoms with Crippen molar-refractivity contribution in [3.05, 3.63) is 60.2 Å². The number of amides is 1. The van der Waals surface area contributed by atoms with Crippen LogP contribution in [0.2, 0.25) is 0 Å². The quantitative estimate of drug-likeness (QED) is 0.504. The minimum Gasteiger partial charge on any atom is -0.342 e. The van der Waals surface area contributed by atoms with E-state index in [2.05, 4.69) is 14.7 Å². The van der Waals surface area contributed by atoms with Crippen molar-refractivity contribution in [3.63, 3.8) is 0 Å². The Morgan fingerprint density at radius 3 is 2.79 bits per heavy atom. The number of para-hydroxylation sites is 2. The maximum absolute atomic E-state index is 14.1. The summed E-state index contributed by atoms with van der Waals surface area (Å²) in [6.45, 7) is 1.00. The predicted molar refractivity (Wildman–Crippen MR) is 128 cm³/mol. The summed E-state index contributed by atoms with van der Waals surface area (Å²) >= 11 is 1.52. The predicted octanol–water partition coefficient (Wildman–Crippen LogP) is 3.51. The lowest BCUT2D eigenvalue weighted by Crippen LogP contribution is -2.51. The summed E-state index contributed by atoms with van der Waals surface area (Å²) in [6.07, 6.45) is 3.90. The molecule has 2 N–H and O–H groups in total. The van der Waals surface area contributed by atoms with Crippen LogP contribution in [0.15, 0.2) is 53.4 Å². The Labute approximate surface area is 197 Å². The number of aromatic nitrogens is 2. The van der Waals surface area contributed by atoms with Gasteiger partial charge in [0.05, 0.1) is 11.0 Å². The molecule has 1 aliphatic rings. The minimum absolute atomic E-state index is 0.0412. The van der Waals surface area contributed by atoms with Crippen molar-refractivity contribution >= 4 is 38.7 Å². The van der Waals surface area contributed by atoms with E-state index >= 15 is 0 Å². The number of hydrogen-bond donors (Lipinski definition) is 2. The lowest BCUT2D eigenvalue weighted by molar-refractivity contribution is -0.134. The number of nitrogens with zero attached hydrogens (tertiary/aromatic N) is 2. The highest BCUT2D eigenvalue weighted by Crippen LogP contribution is 2.27. The standard InChI is InChI=1S/C23H27FN4O3S2/c1-32-14-12-20(27-33(30,31)21-11-5-2-8-17(21)24)23(29)28-13-6-7-16(15-28)22-25-18-9-3-4-10-19(18)26-22/h2-5,8-11,16,20,27H,6-7,12-15H2,1H3,(H,25,26). The zero-order valence-electron chi connectivity index (χ0n) is 18.3. The first kappa shape index (κ1) is 23.7. The molecule has 176 valence electrons. The molecular formula is C23H27FN4O3S2. The molecule has 2 aromatic carbocycles.